The van der Waals surface area contributed by atoms with Gasteiger partial charge < -0.3 is 4.74 Å². The fraction of sp³-hybridized carbons (Fsp3) is 0.0417. The van der Waals surface area contributed by atoms with Crippen molar-refractivity contribution >= 4 is 23.8 Å². The number of hydrogen-bond acceptors (Lipinski definition) is 5. The van der Waals surface area contributed by atoms with Crippen LogP contribution in [-0.4, -0.2) is 23.3 Å². The summed E-state index contributed by atoms with van der Waals surface area (Å²) >= 11 is 6.03. The Morgan fingerprint density at radius 2 is 1.47 bits per heavy atom. The molecule has 0 amide bonds. The number of para-hydroxylation sites is 1. The summed E-state index contributed by atoms with van der Waals surface area (Å²) in [5.74, 6) is 1.14. The quantitative estimate of drug-likeness (QED) is 0.314. The first-order chi connectivity index (χ1) is 14.7. The monoisotopic (exact) mass is 414 g/mol. The van der Waals surface area contributed by atoms with Crippen molar-refractivity contribution in [1.29, 1.82) is 0 Å². The zero-order chi connectivity index (χ0) is 20.8. The molecule has 0 bridgehead atoms. The third-order valence-electron chi connectivity index (χ3n) is 4.44. The lowest BCUT2D eigenvalue weighted by molar-refractivity contribution is 0.414. The number of nitrogens with zero attached hydrogens (tertiary/aromatic N) is 3. The minimum Gasteiger partial charge on any atom is -0.496 e. The van der Waals surface area contributed by atoms with E-state index in [4.69, 9.17) is 16.3 Å². The number of anilines is 1. The molecular formula is C24H19ClN4O. The lowest BCUT2D eigenvalue weighted by Crippen LogP contribution is -2.00. The van der Waals surface area contributed by atoms with Gasteiger partial charge in [0.05, 0.1) is 24.7 Å². The maximum atomic E-state index is 6.03. The molecule has 4 rings (SSSR count). The molecular weight excluding hydrogens is 396 g/mol. The molecule has 0 aliphatic heterocycles. The van der Waals surface area contributed by atoms with Gasteiger partial charge in [0.2, 0.25) is 5.95 Å². The van der Waals surface area contributed by atoms with Gasteiger partial charge in [-0.3, -0.25) is 0 Å². The van der Waals surface area contributed by atoms with Crippen LogP contribution in [0.15, 0.2) is 90.0 Å². The van der Waals surface area contributed by atoms with Gasteiger partial charge >= 0.3 is 0 Å². The molecule has 0 saturated carbocycles. The second-order valence-electron chi connectivity index (χ2n) is 6.45. The SMILES string of the molecule is COc1ccccc1C=NNc1nc(-c2ccccc2)cc(-c2ccc(Cl)cc2)n1. The number of benzene rings is 3. The van der Waals surface area contributed by atoms with E-state index < -0.39 is 0 Å². The second kappa shape index (κ2) is 9.20. The molecule has 0 aliphatic rings. The van der Waals surface area contributed by atoms with E-state index in [1.54, 1.807) is 13.3 Å². The maximum absolute atomic E-state index is 6.03. The predicted molar refractivity (Wildman–Crippen MR) is 122 cm³/mol. The van der Waals surface area contributed by atoms with Gasteiger partial charge in [-0.2, -0.15) is 5.10 Å². The van der Waals surface area contributed by atoms with Crippen molar-refractivity contribution in [3.05, 3.63) is 95.5 Å². The topological polar surface area (TPSA) is 59.4 Å². The summed E-state index contributed by atoms with van der Waals surface area (Å²) in [5, 5.41) is 4.98. The molecule has 148 valence electrons. The van der Waals surface area contributed by atoms with E-state index in [0.717, 1.165) is 33.8 Å². The summed E-state index contributed by atoms with van der Waals surface area (Å²) < 4.78 is 5.35. The van der Waals surface area contributed by atoms with Crippen LogP contribution in [0.1, 0.15) is 5.56 Å². The number of hydrazone groups is 1. The zero-order valence-corrected chi connectivity index (χ0v) is 17.0. The van der Waals surface area contributed by atoms with Gasteiger partial charge in [-0.1, -0.05) is 66.2 Å². The molecule has 0 radical (unpaired) electrons. The number of aromatic nitrogens is 2. The van der Waals surface area contributed by atoms with Gasteiger partial charge in [0.15, 0.2) is 0 Å². The Morgan fingerprint density at radius 3 is 2.17 bits per heavy atom. The molecule has 6 heteroatoms. The van der Waals surface area contributed by atoms with Crippen molar-refractivity contribution in [3.63, 3.8) is 0 Å². The first kappa shape index (κ1) is 19.6. The van der Waals surface area contributed by atoms with Gasteiger partial charge in [0.1, 0.15) is 5.75 Å². The summed E-state index contributed by atoms with van der Waals surface area (Å²) in [6.45, 7) is 0. The fourth-order valence-electron chi connectivity index (χ4n) is 2.96. The predicted octanol–water partition coefficient (Wildman–Crippen LogP) is 5.92. The van der Waals surface area contributed by atoms with Gasteiger partial charge in [-0.25, -0.2) is 15.4 Å². The van der Waals surface area contributed by atoms with Gasteiger partial charge in [0, 0.05) is 21.7 Å². The lowest BCUT2D eigenvalue weighted by Gasteiger charge is -2.09. The van der Waals surface area contributed by atoms with Crippen molar-refractivity contribution in [1.82, 2.24) is 9.97 Å². The summed E-state index contributed by atoms with van der Waals surface area (Å²) in [7, 11) is 1.63. The summed E-state index contributed by atoms with van der Waals surface area (Å²) in [6, 6.07) is 27.1. The van der Waals surface area contributed by atoms with Gasteiger partial charge in [-0.15, -0.1) is 0 Å². The van der Waals surface area contributed by atoms with Crippen molar-refractivity contribution in [2.24, 2.45) is 5.10 Å². The van der Waals surface area contributed by atoms with E-state index in [2.05, 4.69) is 20.5 Å². The van der Waals surface area contributed by atoms with E-state index in [1.807, 2.05) is 84.9 Å². The van der Waals surface area contributed by atoms with Crippen molar-refractivity contribution < 1.29 is 4.74 Å². The molecule has 1 heterocycles. The Morgan fingerprint density at radius 1 is 0.833 bits per heavy atom. The standard InChI is InChI=1S/C24H19ClN4O/c1-30-23-10-6-5-9-19(23)16-26-29-24-27-21(17-7-3-2-4-8-17)15-22(28-24)18-11-13-20(25)14-12-18/h2-16H,1H3,(H,27,28,29). The number of hydrogen-bond donors (Lipinski definition) is 1. The number of methoxy groups -OCH3 is 1. The molecule has 30 heavy (non-hydrogen) atoms. The van der Waals surface area contributed by atoms with E-state index in [9.17, 15) is 0 Å². The molecule has 3 aromatic carbocycles. The normalized spacial score (nSPS) is 10.9. The molecule has 4 aromatic rings. The number of ether oxygens (including phenoxy) is 1. The van der Waals surface area contributed by atoms with E-state index in [1.165, 1.54) is 0 Å². The minimum absolute atomic E-state index is 0.396. The van der Waals surface area contributed by atoms with Crippen molar-refractivity contribution in [3.8, 4) is 28.3 Å². The average molecular weight is 415 g/mol. The lowest BCUT2D eigenvalue weighted by atomic mass is 10.1. The third-order valence-corrected chi connectivity index (χ3v) is 4.69. The van der Waals surface area contributed by atoms with Crippen LogP contribution in [0.25, 0.3) is 22.5 Å². The van der Waals surface area contributed by atoms with Crippen LogP contribution in [0.3, 0.4) is 0 Å². The molecule has 0 saturated heterocycles. The van der Waals surface area contributed by atoms with Crippen LogP contribution >= 0.6 is 11.6 Å². The van der Waals surface area contributed by atoms with Crippen LogP contribution in [0.2, 0.25) is 5.02 Å². The van der Waals surface area contributed by atoms with Crippen LogP contribution < -0.4 is 10.2 Å². The zero-order valence-electron chi connectivity index (χ0n) is 16.3. The Kier molecular flexibility index (Phi) is 6.01. The van der Waals surface area contributed by atoms with Crippen molar-refractivity contribution in [2.45, 2.75) is 0 Å². The van der Waals surface area contributed by atoms with Crippen LogP contribution in [0, 0.1) is 0 Å². The van der Waals surface area contributed by atoms with Gasteiger partial charge in [-0.05, 0) is 30.3 Å². The first-order valence-corrected chi connectivity index (χ1v) is 9.73. The molecule has 1 aromatic heterocycles. The average Bonchev–Trinajstić information content (AvgIpc) is 2.80. The highest BCUT2D eigenvalue weighted by atomic mass is 35.5. The number of nitrogens with one attached hydrogen (secondary N) is 1. The fourth-order valence-corrected chi connectivity index (χ4v) is 3.08. The highest BCUT2D eigenvalue weighted by molar-refractivity contribution is 6.30. The number of rotatable bonds is 6. The molecule has 1 N–H and O–H groups in total. The Hall–Kier alpha value is -3.70. The summed E-state index contributed by atoms with van der Waals surface area (Å²) in [5.41, 5.74) is 7.30. The maximum Gasteiger partial charge on any atom is 0.244 e. The smallest absolute Gasteiger partial charge is 0.244 e. The third kappa shape index (κ3) is 4.64. The summed E-state index contributed by atoms with van der Waals surface area (Å²) in [6.07, 6.45) is 1.68. The number of halogens is 1. The largest absolute Gasteiger partial charge is 0.496 e. The van der Waals surface area contributed by atoms with E-state index in [-0.39, 0.29) is 0 Å². The summed E-state index contributed by atoms with van der Waals surface area (Å²) in [4.78, 5) is 9.25. The van der Waals surface area contributed by atoms with Crippen LogP contribution in [0.4, 0.5) is 5.95 Å². The Bertz CT molecular complexity index is 1160. The van der Waals surface area contributed by atoms with Crippen LogP contribution in [-0.2, 0) is 0 Å². The molecule has 0 atom stereocenters. The minimum atomic E-state index is 0.396. The molecule has 0 spiro atoms. The first-order valence-electron chi connectivity index (χ1n) is 9.35. The van der Waals surface area contributed by atoms with Gasteiger partial charge in [0.25, 0.3) is 0 Å². The molecule has 0 fully saturated rings. The molecule has 0 aliphatic carbocycles. The van der Waals surface area contributed by atoms with E-state index >= 15 is 0 Å². The van der Waals surface area contributed by atoms with Crippen LogP contribution in [0.5, 0.6) is 5.75 Å². The molecule has 0 unspecified atom stereocenters. The van der Waals surface area contributed by atoms with Crippen molar-refractivity contribution in [2.75, 3.05) is 12.5 Å². The Labute approximate surface area is 180 Å². The van der Waals surface area contributed by atoms with E-state index in [0.29, 0.717) is 11.0 Å². The Balaban J connectivity index is 1.68. The highest BCUT2D eigenvalue weighted by Gasteiger charge is 2.08. The second-order valence-corrected chi connectivity index (χ2v) is 6.88. The molecule has 5 nitrogen and oxygen atoms in total. The highest BCUT2D eigenvalue weighted by Crippen LogP contribution is 2.26.